The third-order valence-electron chi connectivity index (χ3n) is 0.908. The number of aromatic nitrogens is 1. The minimum absolute atomic E-state index is 0. The number of hydrogen-bond donors (Lipinski definition) is 1. The molecular weight excluding hydrogens is 154 g/mol. The molecule has 1 heterocycles. The second-order valence-electron chi connectivity index (χ2n) is 1.55. The lowest BCUT2D eigenvalue weighted by Gasteiger charge is -1.87. The zero-order valence-corrected chi connectivity index (χ0v) is 5.75. The van der Waals surface area contributed by atoms with Crippen LogP contribution in [0.15, 0.2) is 24.5 Å². The van der Waals surface area contributed by atoms with Gasteiger partial charge in [0.05, 0.1) is 5.56 Å². The van der Waals surface area contributed by atoms with Crippen LogP contribution in [-0.4, -0.2) is 16.1 Å². The Kier molecular flexibility index (Phi) is 3.43. The van der Waals surface area contributed by atoms with Gasteiger partial charge in [0.1, 0.15) is 0 Å². The van der Waals surface area contributed by atoms with Gasteiger partial charge in [-0.25, -0.2) is 4.79 Å². The number of carboxylic acids is 1. The molecule has 0 aliphatic carbocycles. The molecule has 0 aliphatic heterocycles. The summed E-state index contributed by atoms with van der Waals surface area (Å²) >= 11 is 0. The molecule has 0 radical (unpaired) electrons. The Labute approximate surface area is 64.1 Å². The number of hydrogen-bond acceptors (Lipinski definition) is 2. The first-order valence-electron chi connectivity index (χ1n) is 2.44. The maximum absolute atomic E-state index is 10.2. The molecule has 0 aliphatic rings. The van der Waals surface area contributed by atoms with E-state index in [0.29, 0.717) is 0 Å². The van der Waals surface area contributed by atoms with E-state index in [4.69, 9.17) is 5.11 Å². The Morgan fingerprint density at radius 1 is 1.60 bits per heavy atom. The molecule has 0 spiro atoms. The van der Waals surface area contributed by atoms with Gasteiger partial charge in [0.2, 0.25) is 0 Å². The van der Waals surface area contributed by atoms with Crippen molar-refractivity contribution >= 4 is 5.97 Å². The Morgan fingerprint density at radius 3 is 2.60 bits per heavy atom. The Hall–Kier alpha value is -1.09. The zero-order valence-electron chi connectivity index (χ0n) is 4.99. The Morgan fingerprint density at radius 2 is 2.30 bits per heavy atom. The average molecular weight is 159 g/mol. The van der Waals surface area contributed by atoms with Crippen molar-refractivity contribution in [2.75, 3.05) is 0 Å². The van der Waals surface area contributed by atoms with Crippen LogP contribution in [0.1, 0.15) is 10.4 Å². The molecule has 4 heteroatoms. The Bertz CT molecular complexity index is 212. The van der Waals surface area contributed by atoms with Crippen LogP contribution in [0.5, 0.6) is 0 Å². The summed E-state index contributed by atoms with van der Waals surface area (Å²) < 4.78 is 0. The third-order valence-corrected chi connectivity index (χ3v) is 0.908. The fraction of sp³-hybridized carbons (Fsp3) is 0. The molecule has 0 bridgehead atoms. The van der Waals surface area contributed by atoms with Crippen molar-refractivity contribution in [3.63, 3.8) is 0 Å². The third kappa shape index (κ3) is 2.03. The maximum Gasteiger partial charge on any atom is 0.337 e. The van der Waals surface area contributed by atoms with E-state index in [0.717, 1.165) is 0 Å². The molecule has 0 amide bonds. The smallest absolute Gasteiger partial charge is 0.337 e. The van der Waals surface area contributed by atoms with Gasteiger partial charge in [-0.3, -0.25) is 4.98 Å². The van der Waals surface area contributed by atoms with Gasteiger partial charge in [-0.15, -0.1) is 0 Å². The first kappa shape index (κ1) is 8.91. The van der Waals surface area contributed by atoms with E-state index in [1.807, 2.05) is 0 Å². The molecule has 1 aromatic rings. The van der Waals surface area contributed by atoms with Gasteiger partial charge in [0, 0.05) is 12.4 Å². The fourth-order valence-electron chi connectivity index (χ4n) is 0.489. The van der Waals surface area contributed by atoms with Gasteiger partial charge >= 0.3 is 5.97 Å². The van der Waals surface area contributed by atoms with Crippen molar-refractivity contribution in [3.8, 4) is 0 Å². The first-order valence-corrected chi connectivity index (χ1v) is 2.44. The van der Waals surface area contributed by atoms with Gasteiger partial charge < -0.3 is 17.5 Å². The van der Waals surface area contributed by atoms with E-state index in [1.54, 1.807) is 6.07 Å². The summed E-state index contributed by atoms with van der Waals surface area (Å²) in [5, 5.41) is 8.34. The lowest BCUT2D eigenvalue weighted by atomic mass is 10.3. The predicted octanol–water partition coefficient (Wildman–Crippen LogP) is -2.22. The minimum atomic E-state index is -0.942. The average Bonchev–Trinajstić information content (AvgIpc) is 1.90. The number of aromatic carboxylic acids is 1. The fourth-order valence-corrected chi connectivity index (χ4v) is 0.489. The highest BCUT2D eigenvalue weighted by molar-refractivity contribution is 5.86. The summed E-state index contributed by atoms with van der Waals surface area (Å²) in [6.07, 6.45) is 2.84. The molecule has 3 nitrogen and oxygen atoms in total. The second-order valence-corrected chi connectivity index (χ2v) is 1.55. The predicted molar refractivity (Wildman–Crippen MR) is 31.2 cm³/mol. The van der Waals surface area contributed by atoms with Gasteiger partial charge in [-0.05, 0) is 12.1 Å². The van der Waals surface area contributed by atoms with Crippen molar-refractivity contribution in [2.45, 2.75) is 0 Å². The minimum Gasteiger partial charge on any atom is -1.00 e. The number of halogens is 1. The van der Waals surface area contributed by atoms with Crippen LogP contribution in [0, 0.1) is 0 Å². The largest absolute Gasteiger partial charge is 1.00 e. The van der Waals surface area contributed by atoms with Gasteiger partial charge in [-0.2, -0.15) is 0 Å². The summed E-state index contributed by atoms with van der Waals surface area (Å²) in [5.41, 5.74) is 0.220. The van der Waals surface area contributed by atoms with Crippen LogP contribution >= 0.6 is 0 Å². The van der Waals surface area contributed by atoms with Crippen molar-refractivity contribution in [2.24, 2.45) is 0 Å². The summed E-state index contributed by atoms with van der Waals surface area (Å²) in [4.78, 5) is 13.8. The molecule has 0 fully saturated rings. The molecule has 0 unspecified atom stereocenters. The molecule has 1 rings (SSSR count). The van der Waals surface area contributed by atoms with Crippen LogP contribution in [0.3, 0.4) is 0 Å². The zero-order chi connectivity index (χ0) is 6.69. The summed E-state index contributed by atoms with van der Waals surface area (Å²) in [6, 6.07) is 3.08. The number of nitrogens with zero attached hydrogens (tertiary/aromatic N) is 1. The molecule has 1 aromatic heterocycles. The molecule has 0 atom stereocenters. The van der Waals surface area contributed by atoms with E-state index in [2.05, 4.69) is 4.98 Å². The Balaban J connectivity index is 0.000000810. The quantitative estimate of drug-likeness (QED) is 0.504. The molecule has 0 saturated heterocycles. The summed E-state index contributed by atoms with van der Waals surface area (Å²) in [6.45, 7) is 0. The number of rotatable bonds is 1. The maximum atomic E-state index is 10.2. The molecule has 0 aromatic carbocycles. The molecule has 54 valence electrons. The number of carbonyl (C=O) groups is 1. The van der Waals surface area contributed by atoms with E-state index >= 15 is 0 Å². The number of carboxylic acid groups (broad SMARTS) is 1. The van der Waals surface area contributed by atoms with Gasteiger partial charge in [0.15, 0.2) is 0 Å². The lowest BCUT2D eigenvalue weighted by Crippen LogP contribution is -3.00. The van der Waals surface area contributed by atoms with Gasteiger partial charge in [-0.1, -0.05) is 0 Å². The lowest BCUT2D eigenvalue weighted by molar-refractivity contribution is -0.0000175. The van der Waals surface area contributed by atoms with Crippen LogP contribution in [0.2, 0.25) is 0 Å². The number of pyridine rings is 1. The highest BCUT2D eigenvalue weighted by atomic mass is 35.5. The molecule has 0 saturated carbocycles. The van der Waals surface area contributed by atoms with E-state index in [-0.39, 0.29) is 18.0 Å². The van der Waals surface area contributed by atoms with Crippen molar-refractivity contribution < 1.29 is 22.3 Å². The van der Waals surface area contributed by atoms with Crippen LogP contribution < -0.4 is 12.4 Å². The second kappa shape index (κ2) is 3.85. The van der Waals surface area contributed by atoms with Crippen molar-refractivity contribution in [1.29, 1.82) is 0 Å². The standard InChI is InChI=1S/C6H5NO2.ClH/c8-6(9)5-2-1-3-7-4-5;/h1-4H,(H,8,9);1H/p-1. The normalized spacial score (nSPS) is 8.00. The van der Waals surface area contributed by atoms with Crippen LogP contribution in [-0.2, 0) is 0 Å². The van der Waals surface area contributed by atoms with E-state index < -0.39 is 5.97 Å². The SMILES string of the molecule is O=C(O)c1cccnc1.[Cl-]. The highest BCUT2D eigenvalue weighted by Gasteiger charge is 1.97. The van der Waals surface area contributed by atoms with Crippen molar-refractivity contribution in [3.05, 3.63) is 30.1 Å². The summed E-state index contributed by atoms with van der Waals surface area (Å²) in [5.74, 6) is -0.942. The monoisotopic (exact) mass is 158 g/mol. The molecular formula is C6H5ClNO2-. The van der Waals surface area contributed by atoms with E-state index in [9.17, 15) is 4.79 Å². The van der Waals surface area contributed by atoms with E-state index in [1.165, 1.54) is 18.5 Å². The first-order chi connectivity index (χ1) is 4.30. The summed E-state index contributed by atoms with van der Waals surface area (Å²) in [7, 11) is 0. The molecule has 1 N–H and O–H groups in total. The van der Waals surface area contributed by atoms with Crippen LogP contribution in [0.4, 0.5) is 0 Å². The topological polar surface area (TPSA) is 50.2 Å². The molecule has 10 heavy (non-hydrogen) atoms. The van der Waals surface area contributed by atoms with Crippen molar-refractivity contribution in [1.82, 2.24) is 4.98 Å². The highest BCUT2D eigenvalue weighted by Crippen LogP contribution is 1.92. The van der Waals surface area contributed by atoms with Crippen LogP contribution in [0.25, 0.3) is 0 Å². The van der Waals surface area contributed by atoms with Gasteiger partial charge in [0.25, 0.3) is 0 Å².